The van der Waals surface area contributed by atoms with E-state index in [-0.39, 0.29) is 11.6 Å². The van der Waals surface area contributed by atoms with Crippen LogP contribution >= 0.6 is 0 Å². The number of rotatable bonds is 7. The number of aryl methyl sites for hydroxylation is 2. The number of benzene rings is 3. The fraction of sp³-hybridized carbons (Fsp3) is 0.407. The quantitative estimate of drug-likeness (QED) is 0.371. The van der Waals surface area contributed by atoms with E-state index in [1.54, 1.807) is 12.1 Å². The summed E-state index contributed by atoms with van der Waals surface area (Å²) in [6.45, 7) is -0.553. The lowest BCUT2D eigenvalue weighted by molar-refractivity contribution is -0.0498. The number of ether oxygens (including phenoxy) is 1. The van der Waals surface area contributed by atoms with Gasteiger partial charge in [-0.05, 0) is 84.6 Å². The number of alkyl halides is 2. The van der Waals surface area contributed by atoms with Crippen molar-refractivity contribution < 1.29 is 17.9 Å². The normalized spacial score (nSPS) is 19.1. The highest BCUT2D eigenvalue weighted by Crippen LogP contribution is 2.38. The van der Waals surface area contributed by atoms with Crippen molar-refractivity contribution in [2.45, 2.75) is 64.4 Å². The average molecular weight is 427 g/mol. The molecule has 0 N–H and O–H groups in total. The minimum absolute atomic E-state index is 0.134. The third-order valence-corrected chi connectivity index (χ3v) is 6.79. The van der Waals surface area contributed by atoms with Crippen LogP contribution in [0.1, 0.15) is 61.6 Å². The second kappa shape index (κ2) is 9.76. The zero-order valence-corrected chi connectivity index (χ0v) is 17.9. The first-order chi connectivity index (χ1) is 15.0. The highest BCUT2D eigenvalue weighted by atomic mass is 19.3. The highest BCUT2D eigenvalue weighted by molar-refractivity contribution is 5.84. The zero-order chi connectivity index (χ0) is 21.8. The molecule has 4 rings (SSSR count). The Balaban J connectivity index is 1.44. The van der Waals surface area contributed by atoms with Crippen molar-refractivity contribution in [1.29, 1.82) is 0 Å². The molecule has 0 heterocycles. The molecule has 0 amide bonds. The van der Waals surface area contributed by atoms with Gasteiger partial charge < -0.3 is 4.74 Å². The molecule has 0 spiro atoms. The van der Waals surface area contributed by atoms with Gasteiger partial charge in [0.2, 0.25) is 0 Å². The molecule has 1 saturated carbocycles. The molecule has 0 aliphatic heterocycles. The predicted molar refractivity (Wildman–Crippen MR) is 119 cm³/mol. The topological polar surface area (TPSA) is 9.23 Å². The van der Waals surface area contributed by atoms with Crippen molar-refractivity contribution >= 4 is 10.8 Å². The lowest BCUT2D eigenvalue weighted by atomic mass is 9.77. The Morgan fingerprint density at radius 2 is 1.65 bits per heavy atom. The van der Waals surface area contributed by atoms with Crippen molar-refractivity contribution in [1.82, 2.24) is 0 Å². The van der Waals surface area contributed by atoms with Gasteiger partial charge in [-0.15, -0.1) is 0 Å². The lowest BCUT2D eigenvalue weighted by Gasteiger charge is -2.28. The predicted octanol–water partition coefficient (Wildman–Crippen LogP) is 8.05. The van der Waals surface area contributed by atoms with Crippen LogP contribution in [0.2, 0.25) is 0 Å². The summed E-state index contributed by atoms with van der Waals surface area (Å²) in [6, 6.07) is 16.6. The van der Waals surface area contributed by atoms with Gasteiger partial charge in [0.1, 0.15) is 11.6 Å². The first-order valence-corrected chi connectivity index (χ1v) is 11.3. The largest absolute Gasteiger partial charge is 0.435 e. The van der Waals surface area contributed by atoms with Crippen molar-refractivity contribution in [2.24, 2.45) is 5.92 Å². The lowest BCUT2D eigenvalue weighted by Crippen LogP contribution is -2.12. The van der Waals surface area contributed by atoms with Crippen molar-refractivity contribution in [3.63, 3.8) is 0 Å². The summed E-state index contributed by atoms with van der Waals surface area (Å²) < 4.78 is 44.0. The Kier molecular flexibility index (Phi) is 6.84. The summed E-state index contributed by atoms with van der Waals surface area (Å²) in [5, 5.41) is 1.63. The van der Waals surface area contributed by atoms with Crippen LogP contribution < -0.4 is 4.74 Å². The van der Waals surface area contributed by atoms with Gasteiger partial charge in [0, 0.05) is 5.39 Å². The molecule has 0 radical (unpaired) electrons. The van der Waals surface area contributed by atoms with Gasteiger partial charge in [-0.25, -0.2) is 4.39 Å². The van der Waals surface area contributed by atoms with E-state index in [1.807, 2.05) is 18.2 Å². The van der Waals surface area contributed by atoms with Gasteiger partial charge in [0.25, 0.3) is 0 Å². The van der Waals surface area contributed by atoms with E-state index in [0.29, 0.717) is 29.7 Å². The molecule has 0 atom stereocenters. The molecule has 0 unspecified atom stereocenters. The molecule has 0 bridgehead atoms. The van der Waals surface area contributed by atoms with E-state index < -0.39 is 6.61 Å². The molecule has 4 heteroatoms. The van der Waals surface area contributed by atoms with Crippen LogP contribution in [0.4, 0.5) is 13.2 Å². The zero-order valence-electron chi connectivity index (χ0n) is 17.9. The van der Waals surface area contributed by atoms with Gasteiger partial charge in [0.15, 0.2) is 0 Å². The molecule has 0 aromatic heterocycles. The molecule has 3 aromatic rings. The Bertz CT molecular complexity index is 1000. The summed E-state index contributed by atoms with van der Waals surface area (Å²) in [5.41, 5.74) is 2.97. The molecule has 0 saturated heterocycles. The minimum Gasteiger partial charge on any atom is -0.435 e. The Morgan fingerprint density at radius 3 is 2.32 bits per heavy atom. The number of fused-ring (bicyclic) bond motifs is 1. The SMILES string of the molecule is CCC1CCC(c2ccc3c(F)c(CCc4ccc(OC(F)F)cc4)ccc3c2)CC1. The number of hydrogen-bond donors (Lipinski definition) is 0. The fourth-order valence-corrected chi connectivity index (χ4v) is 4.82. The van der Waals surface area contributed by atoms with Crippen molar-refractivity contribution in [3.05, 3.63) is 77.1 Å². The van der Waals surface area contributed by atoms with E-state index in [0.717, 1.165) is 16.9 Å². The van der Waals surface area contributed by atoms with Crippen LogP contribution in [-0.2, 0) is 12.8 Å². The third kappa shape index (κ3) is 5.23. The second-order valence-corrected chi connectivity index (χ2v) is 8.67. The average Bonchev–Trinajstić information content (AvgIpc) is 2.79. The van der Waals surface area contributed by atoms with E-state index in [1.165, 1.54) is 49.8 Å². The standard InChI is InChI=1S/C27H29F3O/c1-2-18-3-8-20(9-4-18)22-13-16-25-23(17-22)12-11-21(26(25)28)10-5-19-6-14-24(15-7-19)31-27(29)30/h6-7,11-18,20,27H,2-5,8-10H2,1H3. The van der Waals surface area contributed by atoms with Gasteiger partial charge in [-0.3, -0.25) is 0 Å². The summed E-state index contributed by atoms with van der Waals surface area (Å²) in [4.78, 5) is 0. The molecule has 1 nitrogen and oxygen atoms in total. The smallest absolute Gasteiger partial charge is 0.387 e. The maximum atomic E-state index is 15.1. The van der Waals surface area contributed by atoms with Crippen molar-refractivity contribution in [2.75, 3.05) is 0 Å². The molecular formula is C27H29F3O. The van der Waals surface area contributed by atoms with E-state index in [4.69, 9.17) is 0 Å². The third-order valence-electron chi connectivity index (χ3n) is 6.79. The van der Waals surface area contributed by atoms with Crippen LogP contribution in [0.25, 0.3) is 10.8 Å². The number of halogens is 3. The molecule has 1 aliphatic carbocycles. The van der Waals surface area contributed by atoms with Crippen LogP contribution in [0.15, 0.2) is 54.6 Å². The summed E-state index contributed by atoms with van der Waals surface area (Å²) in [7, 11) is 0. The maximum Gasteiger partial charge on any atom is 0.387 e. The summed E-state index contributed by atoms with van der Waals surface area (Å²) in [6.07, 6.45) is 7.50. The van der Waals surface area contributed by atoms with E-state index >= 15 is 4.39 Å². The summed E-state index contributed by atoms with van der Waals surface area (Å²) >= 11 is 0. The van der Waals surface area contributed by atoms with Crippen LogP contribution in [0.5, 0.6) is 5.75 Å². The monoisotopic (exact) mass is 426 g/mol. The first-order valence-electron chi connectivity index (χ1n) is 11.3. The summed E-state index contributed by atoms with van der Waals surface area (Å²) in [5.74, 6) is 1.43. The Labute approximate surface area is 182 Å². The first kappa shape index (κ1) is 21.7. The van der Waals surface area contributed by atoms with Gasteiger partial charge in [-0.2, -0.15) is 8.78 Å². The number of hydrogen-bond acceptors (Lipinski definition) is 1. The molecule has 1 fully saturated rings. The van der Waals surface area contributed by atoms with Gasteiger partial charge >= 0.3 is 6.61 Å². The second-order valence-electron chi connectivity index (χ2n) is 8.67. The van der Waals surface area contributed by atoms with Crippen LogP contribution in [-0.4, -0.2) is 6.61 Å². The fourth-order valence-electron chi connectivity index (χ4n) is 4.82. The van der Waals surface area contributed by atoms with Crippen LogP contribution in [0, 0.1) is 11.7 Å². The highest BCUT2D eigenvalue weighted by Gasteiger charge is 2.21. The molecule has 31 heavy (non-hydrogen) atoms. The molecular weight excluding hydrogens is 397 g/mol. The van der Waals surface area contributed by atoms with Crippen LogP contribution in [0.3, 0.4) is 0 Å². The van der Waals surface area contributed by atoms with E-state index in [2.05, 4.69) is 23.8 Å². The molecule has 1 aliphatic rings. The Morgan fingerprint density at radius 1 is 0.903 bits per heavy atom. The molecule has 3 aromatic carbocycles. The minimum atomic E-state index is -2.83. The van der Waals surface area contributed by atoms with E-state index in [9.17, 15) is 8.78 Å². The van der Waals surface area contributed by atoms with Gasteiger partial charge in [-0.1, -0.05) is 55.8 Å². The molecule has 164 valence electrons. The Hall–Kier alpha value is -2.49. The maximum absolute atomic E-state index is 15.1. The van der Waals surface area contributed by atoms with Gasteiger partial charge in [0.05, 0.1) is 0 Å². The van der Waals surface area contributed by atoms with Crippen molar-refractivity contribution in [3.8, 4) is 5.75 Å².